The number of carbonyl (C=O) groups is 1. The quantitative estimate of drug-likeness (QED) is 0.774. The van der Waals surface area contributed by atoms with Crippen molar-refractivity contribution < 1.29 is 31.5 Å². The van der Waals surface area contributed by atoms with E-state index in [1.807, 2.05) is 0 Å². The van der Waals surface area contributed by atoms with Crippen molar-refractivity contribution in [2.75, 3.05) is 20.2 Å². The van der Waals surface area contributed by atoms with Crippen molar-refractivity contribution in [3.8, 4) is 5.75 Å². The molecule has 0 saturated carbocycles. The summed E-state index contributed by atoms with van der Waals surface area (Å²) in [5, 5.41) is 0.257. The van der Waals surface area contributed by atoms with Gasteiger partial charge >= 0.3 is 18.0 Å². The summed E-state index contributed by atoms with van der Waals surface area (Å²) in [6, 6.07) is 6.25. The second-order valence-electron chi connectivity index (χ2n) is 4.08. The molecule has 0 saturated heterocycles. The van der Waals surface area contributed by atoms with E-state index in [2.05, 4.69) is 0 Å². The number of hydrogen-bond donors (Lipinski definition) is 0. The highest BCUT2D eigenvalue weighted by Crippen LogP contribution is 2.36. The van der Waals surface area contributed by atoms with Gasteiger partial charge in [-0.05, 0) is 12.1 Å². The number of carbonyl (C=O) groups excluding carboxylic acids is 1. The lowest BCUT2D eigenvalue weighted by Crippen LogP contribution is -2.51. The molecule has 1 amide bonds. The highest BCUT2D eigenvalue weighted by molar-refractivity contribution is 6.32. The zero-order valence-electron chi connectivity index (χ0n) is 10.8. The van der Waals surface area contributed by atoms with Crippen molar-refractivity contribution in [1.82, 2.24) is 4.90 Å². The molecule has 0 heterocycles. The number of rotatable bonds is 5. The monoisotopic (exact) mass is 331 g/mol. The molecule has 118 valence electrons. The molecule has 0 radical (unpaired) electrons. The SMILES string of the molecule is CN(CCOc1ccccc1Cl)C(=O)C(F)(F)C(F)(F)F. The molecule has 1 rings (SSSR count). The summed E-state index contributed by atoms with van der Waals surface area (Å²) in [5.41, 5.74) is 0. The van der Waals surface area contributed by atoms with Gasteiger partial charge < -0.3 is 9.64 Å². The van der Waals surface area contributed by atoms with Gasteiger partial charge in [0, 0.05) is 7.05 Å². The molecule has 9 heteroatoms. The van der Waals surface area contributed by atoms with E-state index in [9.17, 15) is 26.7 Å². The van der Waals surface area contributed by atoms with E-state index in [0.717, 1.165) is 7.05 Å². The standard InChI is InChI=1S/C12H11ClF5NO2/c1-19(10(20)11(14,15)12(16,17)18)6-7-21-9-5-3-2-4-8(9)13/h2-5H,6-7H2,1H3. The van der Waals surface area contributed by atoms with E-state index in [1.165, 1.54) is 12.1 Å². The molecule has 0 spiro atoms. The predicted molar refractivity (Wildman–Crippen MR) is 65.6 cm³/mol. The van der Waals surface area contributed by atoms with Crippen LogP contribution in [0, 0.1) is 0 Å². The van der Waals surface area contributed by atoms with Crippen molar-refractivity contribution in [1.29, 1.82) is 0 Å². The number of likely N-dealkylation sites (N-methyl/N-ethyl adjacent to an activating group) is 1. The van der Waals surface area contributed by atoms with Crippen LogP contribution in [0.3, 0.4) is 0 Å². The summed E-state index contributed by atoms with van der Waals surface area (Å²) in [7, 11) is 0.831. The van der Waals surface area contributed by atoms with Gasteiger partial charge in [-0.1, -0.05) is 23.7 Å². The number of benzene rings is 1. The van der Waals surface area contributed by atoms with Gasteiger partial charge in [-0.2, -0.15) is 22.0 Å². The Balaban J connectivity index is 2.57. The second-order valence-corrected chi connectivity index (χ2v) is 4.48. The van der Waals surface area contributed by atoms with Crippen LogP contribution in [-0.4, -0.2) is 43.1 Å². The number of alkyl halides is 5. The predicted octanol–water partition coefficient (Wildman–Crippen LogP) is 3.37. The lowest BCUT2D eigenvalue weighted by atomic mass is 10.3. The zero-order chi connectivity index (χ0) is 16.3. The van der Waals surface area contributed by atoms with Crippen LogP contribution < -0.4 is 4.74 Å². The van der Waals surface area contributed by atoms with Gasteiger partial charge in [0.15, 0.2) is 0 Å². The van der Waals surface area contributed by atoms with Crippen molar-refractivity contribution in [3.63, 3.8) is 0 Å². The molecule has 0 aliphatic rings. The summed E-state index contributed by atoms with van der Waals surface area (Å²) in [6.07, 6.45) is -5.93. The summed E-state index contributed by atoms with van der Waals surface area (Å²) < 4.78 is 66.8. The van der Waals surface area contributed by atoms with Crippen molar-refractivity contribution in [2.24, 2.45) is 0 Å². The molecule has 0 aliphatic heterocycles. The highest BCUT2D eigenvalue weighted by atomic mass is 35.5. The molecule has 0 fully saturated rings. The molecule has 0 aliphatic carbocycles. The molecule has 3 nitrogen and oxygen atoms in total. The molecule has 21 heavy (non-hydrogen) atoms. The van der Waals surface area contributed by atoms with Crippen molar-refractivity contribution in [2.45, 2.75) is 12.1 Å². The maximum Gasteiger partial charge on any atom is 0.463 e. The number of para-hydroxylation sites is 1. The average Bonchev–Trinajstić information content (AvgIpc) is 2.38. The van der Waals surface area contributed by atoms with Crippen LogP contribution in [-0.2, 0) is 4.79 Å². The minimum atomic E-state index is -5.93. The first-order chi connectivity index (χ1) is 9.57. The zero-order valence-corrected chi connectivity index (χ0v) is 11.5. The first kappa shape index (κ1) is 17.5. The van der Waals surface area contributed by atoms with Crippen LogP contribution in [0.15, 0.2) is 24.3 Å². The lowest BCUT2D eigenvalue weighted by Gasteiger charge is -2.24. The Morgan fingerprint density at radius 3 is 2.33 bits per heavy atom. The third-order valence-electron chi connectivity index (χ3n) is 2.49. The third-order valence-corrected chi connectivity index (χ3v) is 2.80. The van der Waals surface area contributed by atoms with E-state index in [1.54, 1.807) is 12.1 Å². The van der Waals surface area contributed by atoms with Crippen LogP contribution in [0.5, 0.6) is 5.75 Å². The van der Waals surface area contributed by atoms with Crippen LogP contribution in [0.2, 0.25) is 5.02 Å². The second kappa shape index (κ2) is 6.46. The van der Waals surface area contributed by atoms with Gasteiger partial charge in [0.25, 0.3) is 0 Å². The first-order valence-corrected chi connectivity index (χ1v) is 6.02. The Morgan fingerprint density at radius 1 is 1.24 bits per heavy atom. The van der Waals surface area contributed by atoms with E-state index in [-0.39, 0.29) is 22.3 Å². The van der Waals surface area contributed by atoms with Crippen LogP contribution in [0.1, 0.15) is 0 Å². The molecular formula is C12H11ClF5NO2. The van der Waals surface area contributed by atoms with Crippen molar-refractivity contribution >= 4 is 17.5 Å². The van der Waals surface area contributed by atoms with Crippen molar-refractivity contribution in [3.05, 3.63) is 29.3 Å². The molecular weight excluding hydrogens is 321 g/mol. The average molecular weight is 332 g/mol. The van der Waals surface area contributed by atoms with Gasteiger partial charge in [-0.3, -0.25) is 4.79 Å². The van der Waals surface area contributed by atoms with E-state index in [0.29, 0.717) is 0 Å². The number of ether oxygens (including phenoxy) is 1. The van der Waals surface area contributed by atoms with E-state index >= 15 is 0 Å². The Morgan fingerprint density at radius 2 is 1.81 bits per heavy atom. The fraction of sp³-hybridized carbons (Fsp3) is 0.417. The van der Waals surface area contributed by atoms with Gasteiger partial charge in [-0.25, -0.2) is 0 Å². The van der Waals surface area contributed by atoms with Gasteiger partial charge in [0.2, 0.25) is 0 Å². The lowest BCUT2D eigenvalue weighted by molar-refractivity contribution is -0.274. The number of hydrogen-bond acceptors (Lipinski definition) is 2. The summed E-state index contributed by atoms with van der Waals surface area (Å²) >= 11 is 5.76. The topological polar surface area (TPSA) is 29.5 Å². The fourth-order valence-corrected chi connectivity index (χ4v) is 1.51. The largest absolute Gasteiger partial charge is 0.490 e. The smallest absolute Gasteiger partial charge is 0.463 e. The van der Waals surface area contributed by atoms with E-state index in [4.69, 9.17) is 16.3 Å². The molecule has 0 bridgehead atoms. The fourth-order valence-electron chi connectivity index (χ4n) is 1.32. The number of nitrogens with zero attached hydrogens (tertiary/aromatic N) is 1. The Kier molecular flexibility index (Phi) is 5.38. The van der Waals surface area contributed by atoms with Crippen LogP contribution in [0.25, 0.3) is 0 Å². The maximum absolute atomic E-state index is 12.8. The Labute approximate surface area is 122 Å². The normalized spacial score (nSPS) is 12.1. The van der Waals surface area contributed by atoms with Crippen LogP contribution in [0.4, 0.5) is 22.0 Å². The summed E-state index contributed by atoms with van der Waals surface area (Å²) in [5.74, 6) is -7.52. The first-order valence-electron chi connectivity index (χ1n) is 5.65. The summed E-state index contributed by atoms with van der Waals surface area (Å²) in [6.45, 7) is -0.727. The number of halogens is 6. The highest BCUT2D eigenvalue weighted by Gasteiger charge is 2.64. The third kappa shape index (κ3) is 4.20. The minimum absolute atomic E-state index is 0.239. The molecule has 0 atom stereocenters. The molecule has 0 aromatic heterocycles. The minimum Gasteiger partial charge on any atom is -0.490 e. The molecule has 0 unspecified atom stereocenters. The van der Waals surface area contributed by atoms with E-state index < -0.39 is 24.6 Å². The maximum atomic E-state index is 12.8. The molecule has 1 aromatic carbocycles. The molecule has 1 aromatic rings. The summed E-state index contributed by atoms with van der Waals surface area (Å²) in [4.78, 5) is 11.3. The Bertz CT molecular complexity index is 507. The Hall–Kier alpha value is -1.57. The molecule has 0 N–H and O–H groups in total. The van der Waals surface area contributed by atoms with Gasteiger partial charge in [0.1, 0.15) is 12.4 Å². The van der Waals surface area contributed by atoms with Gasteiger partial charge in [0.05, 0.1) is 11.6 Å². The van der Waals surface area contributed by atoms with Crippen LogP contribution >= 0.6 is 11.6 Å². The van der Waals surface area contributed by atoms with Gasteiger partial charge in [-0.15, -0.1) is 0 Å². The number of amides is 1.